The molecule has 26 heavy (non-hydrogen) atoms. The molecule has 0 spiro atoms. The Kier molecular flexibility index (Phi) is 5.38. The molecule has 6 nitrogen and oxygen atoms in total. The molecule has 1 aliphatic heterocycles. The molecule has 0 radical (unpaired) electrons. The average molecular weight is 395 g/mol. The second-order valence-corrected chi connectivity index (χ2v) is 8.10. The van der Waals surface area contributed by atoms with Crippen LogP contribution in [-0.2, 0) is 10.0 Å². The van der Waals surface area contributed by atoms with Crippen LogP contribution in [-0.4, -0.2) is 39.4 Å². The second-order valence-electron chi connectivity index (χ2n) is 5.98. The first-order valence-electron chi connectivity index (χ1n) is 8.16. The van der Waals surface area contributed by atoms with Crippen LogP contribution in [0, 0.1) is 0 Å². The molecule has 1 aliphatic rings. The van der Waals surface area contributed by atoms with E-state index >= 15 is 0 Å². The molecule has 1 amide bonds. The van der Waals surface area contributed by atoms with Gasteiger partial charge in [-0.3, -0.25) is 9.52 Å². The Morgan fingerprint density at radius 1 is 1.15 bits per heavy atom. The van der Waals surface area contributed by atoms with Crippen molar-refractivity contribution in [1.82, 2.24) is 4.90 Å². The van der Waals surface area contributed by atoms with Gasteiger partial charge in [-0.15, -0.1) is 0 Å². The molecule has 1 heterocycles. The van der Waals surface area contributed by atoms with E-state index in [-0.39, 0.29) is 16.4 Å². The number of methoxy groups -OCH3 is 1. The molecule has 0 unspecified atom stereocenters. The molecule has 1 N–H and O–H groups in total. The summed E-state index contributed by atoms with van der Waals surface area (Å²) >= 11 is 5.90. The summed E-state index contributed by atoms with van der Waals surface area (Å²) < 4.78 is 33.1. The van der Waals surface area contributed by atoms with Gasteiger partial charge in [0.15, 0.2) is 0 Å². The number of benzene rings is 2. The Balaban J connectivity index is 1.94. The number of ether oxygens (including phenoxy) is 1. The van der Waals surface area contributed by atoms with Crippen LogP contribution in [0.5, 0.6) is 5.75 Å². The van der Waals surface area contributed by atoms with Crippen molar-refractivity contribution < 1.29 is 17.9 Å². The van der Waals surface area contributed by atoms with E-state index in [0.717, 1.165) is 12.8 Å². The highest BCUT2D eigenvalue weighted by Crippen LogP contribution is 2.27. The molecule has 0 saturated carbocycles. The normalized spacial score (nSPS) is 14.3. The fourth-order valence-corrected chi connectivity index (χ4v) is 4.14. The number of carbonyl (C=O) groups is 1. The predicted molar refractivity (Wildman–Crippen MR) is 100 cm³/mol. The zero-order chi connectivity index (χ0) is 18.7. The predicted octanol–water partition coefficient (Wildman–Crippen LogP) is 3.39. The Labute approximate surface area is 157 Å². The van der Waals surface area contributed by atoms with E-state index in [4.69, 9.17) is 16.3 Å². The van der Waals surface area contributed by atoms with Crippen LogP contribution >= 0.6 is 11.6 Å². The van der Waals surface area contributed by atoms with Gasteiger partial charge in [-0.2, -0.15) is 0 Å². The Morgan fingerprint density at radius 2 is 1.88 bits per heavy atom. The molecule has 0 aromatic heterocycles. The number of hydrogen-bond donors (Lipinski definition) is 1. The summed E-state index contributed by atoms with van der Waals surface area (Å²) in [5, 5.41) is 0.421. The van der Waals surface area contributed by atoms with E-state index in [2.05, 4.69) is 4.72 Å². The lowest BCUT2D eigenvalue weighted by molar-refractivity contribution is 0.0789. The average Bonchev–Trinajstić information content (AvgIpc) is 3.14. The van der Waals surface area contributed by atoms with Crippen molar-refractivity contribution in [3.05, 3.63) is 53.1 Å². The van der Waals surface area contributed by atoms with Gasteiger partial charge in [0.2, 0.25) is 0 Å². The van der Waals surface area contributed by atoms with Crippen LogP contribution in [0.1, 0.15) is 23.2 Å². The third kappa shape index (κ3) is 3.94. The lowest BCUT2D eigenvalue weighted by Crippen LogP contribution is -2.28. The summed E-state index contributed by atoms with van der Waals surface area (Å²) in [4.78, 5) is 14.4. The summed E-state index contributed by atoms with van der Waals surface area (Å²) in [6.45, 7) is 1.33. The minimum absolute atomic E-state index is 0.0131. The maximum absolute atomic E-state index is 12.7. The van der Waals surface area contributed by atoms with Crippen molar-refractivity contribution in [1.29, 1.82) is 0 Å². The Hall–Kier alpha value is -2.25. The van der Waals surface area contributed by atoms with E-state index in [9.17, 15) is 13.2 Å². The van der Waals surface area contributed by atoms with Crippen molar-refractivity contribution in [2.75, 3.05) is 24.9 Å². The zero-order valence-electron chi connectivity index (χ0n) is 14.2. The van der Waals surface area contributed by atoms with Crippen molar-refractivity contribution in [3.8, 4) is 5.75 Å². The molecule has 2 aromatic rings. The SMILES string of the molecule is COc1ccc(S(=O)(=O)Nc2cccc(Cl)c2)cc1C(=O)N1CCCC1. The molecule has 0 bridgehead atoms. The monoisotopic (exact) mass is 394 g/mol. The van der Waals surface area contributed by atoms with Gasteiger partial charge in [0.25, 0.3) is 15.9 Å². The minimum Gasteiger partial charge on any atom is -0.496 e. The van der Waals surface area contributed by atoms with Crippen molar-refractivity contribution in [2.24, 2.45) is 0 Å². The lowest BCUT2D eigenvalue weighted by Gasteiger charge is -2.18. The number of nitrogens with one attached hydrogen (secondary N) is 1. The largest absolute Gasteiger partial charge is 0.496 e. The number of hydrogen-bond acceptors (Lipinski definition) is 4. The topological polar surface area (TPSA) is 75.7 Å². The lowest BCUT2D eigenvalue weighted by atomic mass is 10.1. The van der Waals surface area contributed by atoms with E-state index < -0.39 is 10.0 Å². The van der Waals surface area contributed by atoms with Crippen LogP contribution in [0.3, 0.4) is 0 Å². The number of anilines is 1. The van der Waals surface area contributed by atoms with Gasteiger partial charge in [0.1, 0.15) is 5.75 Å². The summed E-state index contributed by atoms with van der Waals surface area (Å²) in [5.74, 6) is 0.128. The highest BCUT2D eigenvalue weighted by Gasteiger charge is 2.25. The third-order valence-corrected chi connectivity index (χ3v) is 5.80. The quantitative estimate of drug-likeness (QED) is 0.843. The maximum atomic E-state index is 12.7. The summed E-state index contributed by atoms with van der Waals surface area (Å²) in [6.07, 6.45) is 1.89. The first-order valence-corrected chi connectivity index (χ1v) is 10.0. The molecule has 1 fully saturated rings. The number of sulfonamides is 1. The Morgan fingerprint density at radius 3 is 2.54 bits per heavy atom. The molecule has 0 atom stereocenters. The van der Waals surface area contributed by atoms with Crippen LogP contribution < -0.4 is 9.46 Å². The van der Waals surface area contributed by atoms with E-state index in [0.29, 0.717) is 29.5 Å². The molecule has 0 aliphatic carbocycles. The highest BCUT2D eigenvalue weighted by molar-refractivity contribution is 7.92. The molecule has 8 heteroatoms. The standard InChI is InChI=1S/C18H19ClN2O4S/c1-25-17-8-7-15(12-16(17)18(22)21-9-2-3-10-21)26(23,24)20-14-6-4-5-13(19)11-14/h4-8,11-12,20H,2-3,9-10H2,1H3. The van der Waals surface area contributed by atoms with Gasteiger partial charge in [-0.1, -0.05) is 17.7 Å². The summed E-state index contributed by atoms with van der Waals surface area (Å²) in [6, 6.07) is 10.7. The van der Waals surface area contributed by atoms with Gasteiger partial charge in [-0.25, -0.2) is 8.42 Å². The number of amides is 1. The second kappa shape index (κ2) is 7.55. The number of nitrogens with zero attached hydrogens (tertiary/aromatic N) is 1. The van der Waals surface area contributed by atoms with Crippen molar-refractivity contribution >= 4 is 33.2 Å². The smallest absolute Gasteiger partial charge is 0.261 e. The van der Waals surface area contributed by atoms with E-state index in [1.165, 1.54) is 31.4 Å². The molecule has 3 rings (SSSR count). The van der Waals surface area contributed by atoms with Crippen LogP contribution in [0.25, 0.3) is 0 Å². The van der Waals surface area contributed by atoms with Gasteiger partial charge in [0, 0.05) is 18.1 Å². The number of rotatable bonds is 5. The number of likely N-dealkylation sites (tertiary alicyclic amines) is 1. The van der Waals surface area contributed by atoms with Crippen molar-refractivity contribution in [3.63, 3.8) is 0 Å². The van der Waals surface area contributed by atoms with Gasteiger partial charge in [0.05, 0.1) is 23.3 Å². The highest BCUT2D eigenvalue weighted by atomic mass is 35.5. The van der Waals surface area contributed by atoms with Crippen LogP contribution in [0.15, 0.2) is 47.4 Å². The zero-order valence-corrected chi connectivity index (χ0v) is 15.8. The first kappa shape index (κ1) is 18.5. The molecule has 138 valence electrons. The van der Waals surface area contributed by atoms with E-state index in [1.54, 1.807) is 23.1 Å². The first-order chi connectivity index (χ1) is 12.4. The van der Waals surface area contributed by atoms with Gasteiger partial charge >= 0.3 is 0 Å². The maximum Gasteiger partial charge on any atom is 0.261 e. The van der Waals surface area contributed by atoms with Crippen LogP contribution in [0.2, 0.25) is 5.02 Å². The third-order valence-electron chi connectivity index (χ3n) is 4.18. The molecule has 2 aromatic carbocycles. The van der Waals surface area contributed by atoms with E-state index in [1.807, 2.05) is 0 Å². The molecule has 1 saturated heterocycles. The summed E-state index contributed by atoms with van der Waals surface area (Å²) in [7, 11) is -2.42. The minimum atomic E-state index is -3.87. The fraction of sp³-hybridized carbons (Fsp3) is 0.278. The number of halogens is 1. The van der Waals surface area contributed by atoms with Gasteiger partial charge < -0.3 is 9.64 Å². The van der Waals surface area contributed by atoms with Gasteiger partial charge in [-0.05, 0) is 49.2 Å². The number of carbonyl (C=O) groups excluding carboxylic acids is 1. The van der Waals surface area contributed by atoms with Crippen LogP contribution in [0.4, 0.5) is 5.69 Å². The fourth-order valence-electron chi connectivity index (χ4n) is 2.88. The molecular weight excluding hydrogens is 376 g/mol. The Bertz CT molecular complexity index is 925. The summed E-state index contributed by atoms with van der Waals surface area (Å²) in [5.41, 5.74) is 0.587. The van der Waals surface area contributed by atoms with Crippen molar-refractivity contribution in [2.45, 2.75) is 17.7 Å². The molecular formula is C18H19ClN2O4S.